The zero-order valence-electron chi connectivity index (χ0n) is 11.5. The van der Waals surface area contributed by atoms with E-state index in [0.717, 1.165) is 11.2 Å². The van der Waals surface area contributed by atoms with Gasteiger partial charge in [-0.25, -0.2) is 0 Å². The van der Waals surface area contributed by atoms with Crippen molar-refractivity contribution in [1.82, 2.24) is 4.57 Å². The van der Waals surface area contributed by atoms with E-state index in [2.05, 4.69) is 59.2 Å². The topological polar surface area (TPSA) is 25.2 Å². The Kier molecular flexibility index (Phi) is 2.79. The van der Waals surface area contributed by atoms with Crippen molar-refractivity contribution in [1.29, 1.82) is 0 Å². The van der Waals surface area contributed by atoms with Crippen LogP contribution in [0.1, 0.15) is 0 Å². The fourth-order valence-corrected chi connectivity index (χ4v) is 2.99. The normalized spacial score (nSPS) is 11.1. The largest absolute Gasteiger partial charge is 0.449 e. The van der Waals surface area contributed by atoms with Crippen molar-refractivity contribution in [3.63, 3.8) is 0 Å². The molecule has 1 aromatic heterocycles. The van der Waals surface area contributed by atoms with Crippen LogP contribution in [0.25, 0.3) is 27.5 Å². The van der Waals surface area contributed by atoms with Crippen LogP contribution in [0, 0.1) is 0 Å². The highest BCUT2D eigenvalue weighted by Gasteiger charge is 2.11. The van der Waals surface area contributed by atoms with Crippen molar-refractivity contribution in [2.75, 3.05) is 0 Å². The molecule has 100 valence electrons. The molecular formula is C18H14BNO. The molecule has 1 N–H and O–H groups in total. The second-order valence-electron chi connectivity index (χ2n) is 5.20. The Morgan fingerprint density at radius 2 is 1.33 bits per heavy atom. The van der Waals surface area contributed by atoms with Crippen LogP contribution in [-0.4, -0.2) is 17.1 Å². The number of fused-ring (bicyclic) bond motifs is 3. The van der Waals surface area contributed by atoms with Gasteiger partial charge in [-0.05, 0) is 24.3 Å². The van der Waals surface area contributed by atoms with Crippen LogP contribution < -0.4 is 5.46 Å². The average Bonchev–Trinajstić information content (AvgIpc) is 2.89. The zero-order valence-corrected chi connectivity index (χ0v) is 11.5. The maximum absolute atomic E-state index is 9.38. The summed E-state index contributed by atoms with van der Waals surface area (Å²) in [6.07, 6.45) is 0. The highest BCUT2D eigenvalue weighted by atomic mass is 16.2. The Bertz CT molecular complexity index is 889. The van der Waals surface area contributed by atoms with Gasteiger partial charge < -0.3 is 9.59 Å². The van der Waals surface area contributed by atoms with Gasteiger partial charge in [0.25, 0.3) is 0 Å². The SMILES string of the molecule is OBc1cccc(-n2c3ccccc3c3ccccc32)c1. The quantitative estimate of drug-likeness (QED) is 0.557. The number of nitrogens with zero attached hydrogens (tertiary/aromatic N) is 1. The summed E-state index contributed by atoms with van der Waals surface area (Å²) in [4.78, 5) is 0. The van der Waals surface area contributed by atoms with Crippen molar-refractivity contribution in [2.24, 2.45) is 0 Å². The summed E-state index contributed by atoms with van der Waals surface area (Å²) in [5.74, 6) is 0. The zero-order chi connectivity index (χ0) is 14.2. The van der Waals surface area contributed by atoms with Gasteiger partial charge in [0.2, 0.25) is 0 Å². The van der Waals surface area contributed by atoms with Crippen molar-refractivity contribution in [2.45, 2.75) is 0 Å². The Balaban J connectivity index is 2.14. The highest BCUT2D eigenvalue weighted by molar-refractivity contribution is 6.45. The number of hydrogen-bond donors (Lipinski definition) is 1. The van der Waals surface area contributed by atoms with Gasteiger partial charge in [-0.1, -0.05) is 54.0 Å². The third-order valence-corrected chi connectivity index (χ3v) is 3.93. The molecule has 0 aliphatic carbocycles. The van der Waals surface area contributed by atoms with E-state index in [4.69, 9.17) is 0 Å². The van der Waals surface area contributed by atoms with Gasteiger partial charge in [-0.2, -0.15) is 0 Å². The van der Waals surface area contributed by atoms with E-state index >= 15 is 0 Å². The van der Waals surface area contributed by atoms with Crippen LogP contribution in [0.15, 0.2) is 72.8 Å². The average molecular weight is 271 g/mol. The predicted molar refractivity (Wildman–Crippen MR) is 89.8 cm³/mol. The van der Waals surface area contributed by atoms with E-state index in [0.29, 0.717) is 0 Å². The van der Waals surface area contributed by atoms with Crippen molar-refractivity contribution < 1.29 is 5.02 Å². The maximum Gasteiger partial charge on any atom is 0.304 e. The Morgan fingerprint density at radius 3 is 1.95 bits per heavy atom. The highest BCUT2D eigenvalue weighted by Crippen LogP contribution is 2.31. The van der Waals surface area contributed by atoms with E-state index in [1.807, 2.05) is 18.2 Å². The molecular weight excluding hydrogens is 257 g/mol. The molecule has 21 heavy (non-hydrogen) atoms. The molecule has 0 fully saturated rings. The molecule has 0 saturated heterocycles. The molecule has 3 aromatic carbocycles. The van der Waals surface area contributed by atoms with Crippen LogP contribution in [0.3, 0.4) is 0 Å². The summed E-state index contributed by atoms with van der Waals surface area (Å²) >= 11 is 0. The molecule has 0 aliphatic heterocycles. The standard InChI is InChI=1S/C18H14BNO/c21-19-13-6-5-7-14(12-13)20-17-10-3-1-8-15(17)16-9-2-4-11-18(16)20/h1-12,19,21H. The van der Waals surface area contributed by atoms with Gasteiger partial charge in [0.05, 0.1) is 11.0 Å². The smallest absolute Gasteiger partial charge is 0.304 e. The van der Waals surface area contributed by atoms with Crippen LogP contribution >= 0.6 is 0 Å². The minimum absolute atomic E-state index is 0.0605. The summed E-state index contributed by atoms with van der Waals surface area (Å²) < 4.78 is 2.25. The second-order valence-corrected chi connectivity index (χ2v) is 5.20. The van der Waals surface area contributed by atoms with Crippen LogP contribution in [0.2, 0.25) is 0 Å². The summed E-state index contributed by atoms with van der Waals surface area (Å²) in [7, 11) is 0.0605. The van der Waals surface area contributed by atoms with Gasteiger partial charge in [0, 0.05) is 16.5 Å². The number of aromatic nitrogens is 1. The van der Waals surface area contributed by atoms with Gasteiger partial charge in [0.15, 0.2) is 0 Å². The molecule has 0 atom stereocenters. The first-order valence-electron chi connectivity index (χ1n) is 7.07. The molecule has 0 saturated carbocycles. The van der Waals surface area contributed by atoms with Crippen molar-refractivity contribution in [3.8, 4) is 5.69 Å². The van der Waals surface area contributed by atoms with Crippen molar-refractivity contribution >= 4 is 34.8 Å². The summed E-state index contributed by atoms with van der Waals surface area (Å²) in [6.45, 7) is 0. The van der Waals surface area contributed by atoms with Gasteiger partial charge in [-0.3, -0.25) is 0 Å². The van der Waals surface area contributed by atoms with E-state index in [9.17, 15) is 5.02 Å². The molecule has 1 heterocycles. The first-order chi connectivity index (χ1) is 10.4. The minimum atomic E-state index is 0.0605. The lowest BCUT2D eigenvalue weighted by molar-refractivity contribution is 0.615. The van der Waals surface area contributed by atoms with Crippen LogP contribution in [0.5, 0.6) is 0 Å². The van der Waals surface area contributed by atoms with Gasteiger partial charge in [-0.15, -0.1) is 0 Å². The molecule has 0 aliphatic rings. The summed E-state index contributed by atoms with van der Waals surface area (Å²) in [5, 5.41) is 11.9. The minimum Gasteiger partial charge on any atom is -0.449 e. The maximum atomic E-state index is 9.38. The fourth-order valence-electron chi connectivity index (χ4n) is 2.99. The molecule has 0 bridgehead atoms. The van der Waals surface area contributed by atoms with Crippen LogP contribution in [-0.2, 0) is 0 Å². The summed E-state index contributed by atoms with van der Waals surface area (Å²) in [6, 6.07) is 24.9. The van der Waals surface area contributed by atoms with Gasteiger partial charge >= 0.3 is 7.48 Å². The van der Waals surface area contributed by atoms with Crippen LogP contribution in [0.4, 0.5) is 0 Å². The monoisotopic (exact) mass is 271 g/mol. The lowest BCUT2D eigenvalue weighted by Crippen LogP contribution is -2.13. The Morgan fingerprint density at radius 1 is 0.714 bits per heavy atom. The molecule has 2 nitrogen and oxygen atoms in total. The number of benzene rings is 3. The Labute approximate surface area is 123 Å². The first kappa shape index (κ1) is 12.2. The molecule has 3 heteroatoms. The Hall–Kier alpha value is -2.52. The number of rotatable bonds is 2. The lowest BCUT2D eigenvalue weighted by atomic mass is 9.88. The third-order valence-electron chi connectivity index (χ3n) is 3.93. The molecule has 0 radical (unpaired) electrons. The van der Waals surface area contributed by atoms with Crippen molar-refractivity contribution in [3.05, 3.63) is 72.8 Å². The molecule has 0 spiro atoms. The molecule has 0 amide bonds. The van der Waals surface area contributed by atoms with E-state index in [-0.39, 0.29) is 7.48 Å². The second kappa shape index (κ2) is 4.79. The third kappa shape index (κ3) is 1.86. The summed E-state index contributed by atoms with van der Waals surface area (Å²) in [5.41, 5.74) is 4.39. The fraction of sp³-hybridized carbons (Fsp3) is 0. The van der Waals surface area contributed by atoms with E-state index < -0.39 is 0 Å². The molecule has 4 rings (SSSR count). The predicted octanol–water partition coefficient (Wildman–Crippen LogP) is 2.75. The first-order valence-corrected chi connectivity index (χ1v) is 7.07. The van der Waals surface area contributed by atoms with E-state index in [1.165, 1.54) is 21.8 Å². The lowest BCUT2D eigenvalue weighted by Gasteiger charge is -2.08. The number of hydrogen-bond acceptors (Lipinski definition) is 1. The number of para-hydroxylation sites is 2. The van der Waals surface area contributed by atoms with Gasteiger partial charge in [0.1, 0.15) is 0 Å². The molecule has 0 unspecified atom stereocenters. The van der Waals surface area contributed by atoms with E-state index in [1.54, 1.807) is 0 Å². The molecule has 4 aromatic rings.